The van der Waals surface area contributed by atoms with Crippen LogP contribution in [0.25, 0.3) is 0 Å². The molecular weight excluding hydrogens is 411 g/mol. The minimum Gasteiger partial charge on any atom is -0.444 e. The fourth-order valence-corrected chi connectivity index (χ4v) is 5.57. The highest BCUT2D eigenvalue weighted by atomic mass is 35.5. The first kappa shape index (κ1) is 22.3. The van der Waals surface area contributed by atoms with E-state index in [9.17, 15) is 13.2 Å². The van der Waals surface area contributed by atoms with Gasteiger partial charge in [0.2, 0.25) is 10.0 Å². The molecule has 0 unspecified atom stereocenters. The van der Waals surface area contributed by atoms with E-state index < -0.39 is 21.7 Å². The van der Waals surface area contributed by atoms with Gasteiger partial charge in [0.15, 0.2) is 0 Å². The van der Waals surface area contributed by atoms with Crippen LogP contribution in [0.1, 0.15) is 45.6 Å². The molecule has 0 bridgehead atoms. The summed E-state index contributed by atoms with van der Waals surface area (Å²) < 4.78 is 32.7. The van der Waals surface area contributed by atoms with E-state index in [-0.39, 0.29) is 18.3 Å². The molecule has 9 heteroatoms. The number of alkyl carbamates (subject to hydrolysis) is 1. The number of hydrogen-bond donors (Lipinski definition) is 1. The molecule has 6 nitrogen and oxygen atoms in total. The summed E-state index contributed by atoms with van der Waals surface area (Å²) in [6.07, 6.45) is 1.79. The molecule has 0 radical (unpaired) electrons. The van der Waals surface area contributed by atoms with Crippen LogP contribution in [-0.4, -0.2) is 43.5 Å². The van der Waals surface area contributed by atoms with Crippen LogP contribution in [0.5, 0.6) is 0 Å². The van der Waals surface area contributed by atoms with Crippen molar-refractivity contribution in [3.8, 4) is 0 Å². The van der Waals surface area contributed by atoms with Crippen molar-refractivity contribution < 1.29 is 17.9 Å². The molecule has 1 aliphatic rings. The van der Waals surface area contributed by atoms with Crippen LogP contribution < -0.4 is 5.32 Å². The van der Waals surface area contributed by atoms with Gasteiger partial charge in [0.05, 0.1) is 5.75 Å². The van der Waals surface area contributed by atoms with E-state index in [1.807, 2.05) is 0 Å². The van der Waals surface area contributed by atoms with Gasteiger partial charge >= 0.3 is 6.09 Å². The van der Waals surface area contributed by atoms with Gasteiger partial charge in [-0.2, -0.15) is 4.31 Å². The average molecular weight is 437 g/mol. The first-order chi connectivity index (χ1) is 12.5. The third-order valence-electron chi connectivity index (χ3n) is 4.20. The second kappa shape index (κ2) is 8.99. The predicted octanol–water partition coefficient (Wildman–Crippen LogP) is 4.20. The molecule has 0 spiro atoms. The van der Waals surface area contributed by atoms with Crippen molar-refractivity contribution in [3.63, 3.8) is 0 Å². The maximum absolute atomic E-state index is 13.0. The summed E-state index contributed by atoms with van der Waals surface area (Å²) in [6, 6.07) is 4.60. The number of halogens is 2. The Labute approximate surface area is 171 Å². The molecule has 1 aliphatic heterocycles. The summed E-state index contributed by atoms with van der Waals surface area (Å²) in [7, 11) is -3.64. The van der Waals surface area contributed by atoms with Gasteiger partial charge in [0, 0.05) is 34.7 Å². The van der Waals surface area contributed by atoms with Gasteiger partial charge < -0.3 is 10.1 Å². The highest BCUT2D eigenvalue weighted by molar-refractivity contribution is 7.88. The number of amides is 1. The SMILES string of the molecule is CC(C)(C)OC(=O)NC[C@@H]1CCCCN1S(=O)(=O)Cc1c(Cl)cccc1Cl. The van der Waals surface area contributed by atoms with Gasteiger partial charge in [0.25, 0.3) is 0 Å². The van der Waals surface area contributed by atoms with E-state index in [4.69, 9.17) is 27.9 Å². The summed E-state index contributed by atoms with van der Waals surface area (Å²) in [6.45, 7) is 5.93. The van der Waals surface area contributed by atoms with Gasteiger partial charge in [-0.05, 0) is 45.7 Å². The summed E-state index contributed by atoms with van der Waals surface area (Å²) >= 11 is 12.3. The third-order valence-corrected chi connectivity index (χ3v) is 6.76. The number of benzene rings is 1. The number of hydrogen-bond acceptors (Lipinski definition) is 4. The van der Waals surface area contributed by atoms with Gasteiger partial charge in [-0.1, -0.05) is 35.7 Å². The lowest BCUT2D eigenvalue weighted by Gasteiger charge is -2.35. The molecule has 1 amide bonds. The monoisotopic (exact) mass is 436 g/mol. The molecule has 0 aromatic heterocycles. The Bertz CT molecular complexity index is 758. The number of carbonyl (C=O) groups is 1. The molecule has 1 fully saturated rings. The second-order valence-corrected chi connectivity index (χ2v) is 10.3. The number of carbonyl (C=O) groups excluding carboxylic acids is 1. The van der Waals surface area contributed by atoms with Crippen LogP contribution in [0.3, 0.4) is 0 Å². The molecule has 0 saturated carbocycles. The lowest BCUT2D eigenvalue weighted by Crippen LogP contribution is -2.50. The van der Waals surface area contributed by atoms with Crippen LogP contribution in [0.4, 0.5) is 4.79 Å². The summed E-state index contributed by atoms with van der Waals surface area (Å²) in [5.74, 6) is -0.269. The van der Waals surface area contributed by atoms with Crippen molar-refractivity contribution in [1.82, 2.24) is 9.62 Å². The third kappa shape index (κ3) is 6.52. The van der Waals surface area contributed by atoms with Crippen LogP contribution >= 0.6 is 23.2 Å². The van der Waals surface area contributed by atoms with Crippen LogP contribution in [-0.2, 0) is 20.5 Å². The molecule has 1 atom stereocenters. The maximum atomic E-state index is 13.0. The molecule has 1 aromatic carbocycles. The average Bonchev–Trinajstić information content (AvgIpc) is 2.55. The van der Waals surface area contributed by atoms with E-state index in [1.165, 1.54) is 4.31 Å². The molecule has 0 aliphatic carbocycles. The van der Waals surface area contributed by atoms with E-state index in [2.05, 4.69) is 5.32 Å². The van der Waals surface area contributed by atoms with Crippen molar-refractivity contribution in [2.24, 2.45) is 0 Å². The van der Waals surface area contributed by atoms with Gasteiger partial charge in [-0.15, -0.1) is 0 Å². The molecule has 2 rings (SSSR count). The summed E-state index contributed by atoms with van der Waals surface area (Å²) in [4.78, 5) is 11.9. The number of rotatable bonds is 5. The van der Waals surface area contributed by atoms with Crippen molar-refractivity contribution in [1.29, 1.82) is 0 Å². The highest BCUT2D eigenvalue weighted by Crippen LogP contribution is 2.29. The van der Waals surface area contributed by atoms with Crippen molar-refractivity contribution >= 4 is 39.3 Å². The zero-order valence-electron chi connectivity index (χ0n) is 15.8. The normalized spacial score (nSPS) is 18.9. The fourth-order valence-electron chi connectivity index (χ4n) is 3.00. The number of sulfonamides is 1. The summed E-state index contributed by atoms with van der Waals surface area (Å²) in [5, 5.41) is 3.33. The van der Waals surface area contributed by atoms with E-state index >= 15 is 0 Å². The molecule has 1 aromatic rings. The van der Waals surface area contributed by atoms with Crippen LogP contribution in [0, 0.1) is 0 Å². The minimum atomic E-state index is -3.64. The van der Waals surface area contributed by atoms with Crippen molar-refractivity contribution in [2.75, 3.05) is 13.1 Å². The maximum Gasteiger partial charge on any atom is 0.407 e. The Kier molecular flexibility index (Phi) is 7.41. The first-order valence-electron chi connectivity index (χ1n) is 8.89. The zero-order valence-corrected chi connectivity index (χ0v) is 18.1. The van der Waals surface area contributed by atoms with Crippen LogP contribution in [0.2, 0.25) is 10.0 Å². The Morgan fingerprint density at radius 1 is 1.26 bits per heavy atom. The topological polar surface area (TPSA) is 75.7 Å². The van der Waals surface area contributed by atoms with Gasteiger partial charge in [-0.25, -0.2) is 13.2 Å². The highest BCUT2D eigenvalue weighted by Gasteiger charge is 2.33. The van der Waals surface area contributed by atoms with Crippen LogP contribution in [0.15, 0.2) is 18.2 Å². The second-order valence-electron chi connectivity index (χ2n) is 7.60. The van der Waals surface area contributed by atoms with E-state index in [0.29, 0.717) is 28.6 Å². The number of nitrogens with one attached hydrogen (secondary N) is 1. The molecule has 152 valence electrons. The zero-order chi connectivity index (χ0) is 20.2. The van der Waals surface area contributed by atoms with Gasteiger partial charge in [0.1, 0.15) is 5.60 Å². The largest absolute Gasteiger partial charge is 0.444 e. The molecule has 1 heterocycles. The predicted molar refractivity (Wildman–Crippen MR) is 108 cm³/mol. The van der Waals surface area contributed by atoms with E-state index in [0.717, 1.165) is 12.8 Å². The standard InChI is InChI=1S/C18H26Cl2N2O4S/c1-18(2,3)26-17(23)21-11-13-7-4-5-10-22(13)27(24,25)12-14-15(19)8-6-9-16(14)20/h6,8-9,13H,4-5,7,10-12H2,1-3H3,(H,21,23)/t13-/m0/s1. The van der Waals surface area contributed by atoms with Gasteiger partial charge in [-0.3, -0.25) is 0 Å². The Morgan fingerprint density at radius 3 is 2.48 bits per heavy atom. The van der Waals surface area contributed by atoms with E-state index in [1.54, 1.807) is 39.0 Å². The lowest BCUT2D eigenvalue weighted by molar-refractivity contribution is 0.0512. The Hall–Kier alpha value is -1.02. The Morgan fingerprint density at radius 2 is 1.89 bits per heavy atom. The molecular formula is C18H26Cl2N2O4S. The lowest BCUT2D eigenvalue weighted by atomic mass is 10.1. The Balaban J connectivity index is 2.10. The summed E-state index contributed by atoms with van der Waals surface area (Å²) in [5.41, 5.74) is -0.214. The number of nitrogens with zero attached hydrogens (tertiary/aromatic N) is 1. The fraction of sp³-hybridized carbons (Fsp3) is 0.611. The molecule has 1 saturated heterocycles. The van der Waals surface area contributed by atoms with Crippen molar-refractivity contribution in [2.45, 2.75) is 57.4 Å². The quantitative estimate of drug-likeness (QED) is 0.749. The smallest absolute Gasteiger partial charge is 0.407 e. The van der Waals surface area contributed by atoms with Crippen molar-refractivity contribution in [3.05, 3.63) is 33.8 Å². The number of ether oxygens (including phenoxy) is 1. The molecule has 27 heavy (non-hydrogen) atoms. The number of piperidine rings is 1. The molecule has 1 N–H and O–H groups in total. The first-order valence-corrected chi connectivity index (χ1v) is 11.3. The minimum absolute atomic E-state index is 0.199.